The lowest BCUT2D eigenvalue weighted by Gasteiger charge is -2.30. The smallest absolute Gasteiger partial charge is 0.243 e. The number of rotatable bonds is 6. The SMILES string of the molecule is COc1ccc(S(=O)(=O)N2CCC(C(=O)Nc3nc(-c4ccc(C)cc4)cs3)CC2)cc1. The number of carbonyl (C=O) groups is 1. The largest absolute Gasteiger partial charge is 0.497 e. The van der Waals surface area contributed by atoms with Crippen molar-refractivity contribution in [1.29, 1.82) is 0 Å². The fraction of sp³-hybridized carbons (Fsp3) is 0.304. The minimum absolute atomic E-state index is 0.115. The van der Waals surface area contributed by atoms with E-state index in [1.807, 2.05) is 36.6 Å². The summed E-state index contributed by atoms with van der Waals surface area (Å²) in [4.78, 5) is 17.5. The zero-order valence-electron chi connectivity index (χ0n) is 17.9. The fourth-order valence-electron chi connectivity index (χ4n) is 3.65. The number of anilines is 1. The van der Waals surface area contributed by atoms with Gasteiger partial charge in [-0.15, -0.1) is 11.3 Å². The van der Waals surface area contributed by atoms with E-state index in [-0.39, 0.29) is 16.7 Å². The summed E-state index contributed by atoms with van der Waals surface area (Å²) < 4.78 is 32.3. The topological polar surface area (TPSA) is 88.6 Å². The van der Waals surface area contributed by atoms with E-state index in [9.17, 15) is 13.2 Å². The number of piperidine rings is 1. The van der Waals surface area contributed by atoms with Crippen LogP contribution < -0.4 is 10.1 Å². The van der Waals surface area contributed by atoms with Crippen LogP contribution in [0.15, 0.2) is 58.8 Å². The fourth-order valence-corrected chi connectivity index (χ4v) is 5.84. The predicted molar refractivity (Wildman–Crippen MR) is 125 cm³/mol. The molecule has 1 saturated heterocycles. The summed E-state index contributed by atoms with van der Waals surface area (Å²) in [6, 6.07) is 14.4. The van der Waals surface area contributed by atoms with Crippen LogP contribution in [0.5, 0.6) is 5.75 Å². The molecule has 0 atom stereocenters. The van der Waals surface area contributed by atoms with Gasteiger partial charge < -0.3 is 10.1 Å². The van der Waals surface area contributed by atoms with Gasteiger partial charge in [-0.25, -0.2) is 13.4 Å². The number of carbonyl (C=O) groups excluding carboxylic acids is 1. The highest BCUT2D eigenvalue weighted by Crippen LogP contribution is 2.28. The normalized spacial score (nSPS) is 15.4. The Balaban J connectivity index is 1.35. The summed E-state index contributed by atoms with van der Waals surface area (Å²) in [5.41, 5.74) is 3.01. The lowest BCUT2D eigenvalue weighted by atomic mass is 9.97. The van der Waals surface area contributed by atoms with Gasteiger partial charge in [0, 0.05) is 30.0 Å². The summed E-state index contributed by atoms with van der Waals surface area (Å²) in [5.74, 6) is 0.243. The highest BCUT2D eigenvalue weighted by Gasteiger charge is 2.32. The second-order valence-electron chi connectivity index (χ2n) is 7.75. The number of aryl methyl sites for hydroxylation is 1. The molecule has 2 aromatic carbocycles. The van der Waals surface area contributed by atoms with Gasteiger partial charge in [-0.2, -0.15) is 4.31 Å². The number of thiazole rings is 1. The van der Waals surface area contributed by atoms with Crippen LogP contribution in [-0.4, -0.2) is 43.8 Å². The number of ether oxygens (including phenoxy) is 1. The monoisotopic (exact) mass is 471 g/mol. The Hall–Kier alpha value is -2.75. The van der Waals surface area contributed by atoms with E-state index in [0.717, 1.165) is 11.3 Å². The summed E-state index contributed by atoms with van der Waals surface area (Å²) in [6.45, 7) is 2.64. The van der Waals surface area contributed by atoms with Gasteiger partial charge in [0.1, 0.15) is 5.75 Å². The van der Waals surface area contributed by atoms with E-state index in [1.54, 1.807) is 24.3 Å². The third-order valence-electron chi connectivity index (χ3n) is 5.60. The number of aromatic nitrogens is 1. The van der Waals surface area contributed by atoms with Gasteiger partial charge in [-0.3, -0.25) is 4.79 Å². The summed E-state index contributed by atoms with van der Waals surface area (Å²) >= 11 is 1.39. The molecule has 9 heteroatoms. The zero-order chi connectivity index (χ0) is 22.7. The molecule has 1 aromatic heterocycles. The molecule has 7 nitrogen and oxygen atoms in total. The molecule has 1 N–H and O–H groups in total. The van der Waals surface area contributed by atoms with Crippen LogP contribution >= 0.6 is 11.3 Å². The average molecular weight is 472 g/mol. The molecule has 0 unspecified atom stereocenters. The van der Waals surface area contributed by atoms with Crippen LogP contribution in [0.1, 0.15) is 18.4 Å². The lowest BCUT2D eigenvalue weighted by Crippen LogP contribution is -2.41. The van der Waals surface area contributed by atoms with Gasteiger partial charge >= 0.3 is 0 Å². The molecule has 0 radical (unpaired) electrons. The number of methoxy groups -OCH3 is 1. The molecule has 1 aliphatic heterocycles. The van der Waals surface area contributed by atoms with E-state index < -0.39 is 10.0 Å². The first kappa shape index (κ1) is 22.4. The van der Waals surface area contributed by atoms with E-state index in [2.05, 4.69) is 10.3 Å². The van der Waals surface area contributed by atoms with Crippen molar-refractivity contribution in [2.24, 2.45) is 5.92 Å². The van der Waals surface area contributed by atoms with Crippen molar-refractivity contribution in [2.75, 3.05) is 25.5 Å². The van der Waals surface area contributed by atoms with Gasteiger partial charge in [0.2, 0.25) is 15.9 Å². The van der Waals surface area contributed by atoms with E-state index in [4.69, 9.17) is 4.74 Å². The van der Waals surface area contributed by atoms with Crippen molar-refractivity contribution in [3.63, 3.8) is 0 Å². The van der Waals surface area contributed by atoms with Crippen molar-refractivity contribution >= 4 is 32.4 Å². The highest BCUT2D eigenvalue weighted by atomic mass is 32.2. The third kappa shape index (κ3) is 4.85. The molecule has 1 fully saturated rings. The molecule has 0 saturated carbocycles. The molecule has 32 heavy (non-hydrogen) atoms. The van der Waals surface area contributed by atoms with Crippen LogP contribution in [0.2, 0.25) is 0 Å². The van der Waals surface area contributed by atoms with Gasteiger partial charge in [-0.05, 0) is 44.0 Å². The van der Waals surface area contributed by atoms with Crippen LogP contribution in [0.25, 0.3) is 11.3 Å². The minimum atomic E-state index is -3.59. The van der Waals surface area contributed by atoms with Gasteiger partial charge in [0.05, 0.1) is 17.7 Å². The van der Waals surface area contributed by atoms with Crippen LogP contribution in [0.4, 0.5) is 5.13 Å². The molecule has 0 bridgehead atoms. The average Bonchev–Trinajstić information content (AvgIpc) is 3.28. The van der Waals surface area contributed by atoms with Crippen molar-refractivity contribution < 1.29 is 17.9 Å². The minimum Gasteiger partial charge on any atom is -0.497 e. The maximum atomic E-state index is 12.9. The first-order chi connectivity index (χ1) is 15.4. The Labute approximate surface area is 192 Å². The highest BCUT2D eigenvalue weighted by molar-refractivity contribution is 7.89. The van der Waals surface area contributed by atoms with E-state index >= 15 is 0 Å². The van der Waals surface area contributed by atoms with E-state index in [0.29, 0.717) is 36.8 Å². The maximum absolute atomic E-state index is 12.9. The summed E-state index contributed by atoms with van der Waals surface area (Å²) in [6.07, 6.45) is 0.939. The van der Waals surface area contributed by atoms with E-state index in [1.165, 1.54) is 28.3 Å². The summed E-state index contributed by atoms with van der Waals surface area (Å²) in [5, 5.41) is 5.37. The third-order valence-corrected chi connectivity index (χ3v) is 8.27. The first-order valence-corrected chi connectivity index (χ1v) is 12.7. The first-order valence-electron chi connectivity index (χ1n) is 10.3. The number of benzene rings is 2. The number of nitrogens with zero attached hydrogens (tertiary/aromatic N) is 2. The maximum Gasteiger partial charge on any atom is 0.243 e. The van der Waals surface area contributed by atoms with Gasteiger partial charge in [0.25, 0.3) is 0 Å². The molecule has 2 heterocycles. The Morgan fingerprint density at radius 3 is 2.38 bits per heavy atom. The Morgan fingerprint density at radius 2 is 1.75 bits per heavy atom. The number of amides is 1. The van der Waals surface area contributed by atoms with Crippen LogP contribution in [0.3, 0.4) is 0 Å². The molecular formula is C23H25N3O4S2. The predicted octanol–water partition coefficient (Wildman–Crippen LogP) is 4.17. The molecule has 1 amide bonds. The Morgan fingerprint density at radius 1 is 1.09 bits per heavy atom. The number of sulfonamides is 1. The van der Waals surface area contributed by atoms with Gasteiger partial charge in [0.15, 0.2) is 5.13 Å². The van der Waals surface area contributed by atoms with Crippen molar-refractivity contribution in [2.45, 2.75) is 24.7 Å². The second kappa shape index (κ2) is 9.40. The number of hydrogen-bond donors (Lipinski definition) is 1. The molecule has 3 aromatic rings. The van der Waals surface area contributed by atoms with Crippen molar-refractivity contribution in [3.8, 4) is 17.0 Å². The Kier molecular flexibility index (Phi) is 6.59. The number of hydrogen-bond acceptors (Lipinski definition) is 6. The van der Waals surface area contributed by atoms with Crippen LogP contribution in [-0.2, 0) is 14.8 Å². The molecule has 4 rings (SSSR count). The molecule has 1 aliphatic rings. The quantitative estimate of drug-likeness (QED) is 0.583. The Bertz CT molecular complexity index is 1180. The standard InChI is InChI=1S/C23H25N3O4S2/c1-16-3-5-17(6-4-16)21-15-31-23(24-21)25-22(27)18-11-13-26(14-12-18)32(28,29)20-9-7-19(30-2)8-10-20/h3-10,15,18H,11-14H2,1-2H3,(H,24,25,27). The zero-order valence-corrected chi connectivity index (χ0v) is 19.6. The summed E-state index contributed by atoms with van der Waals surface area (Å²) in [7, 11) is -2.05. The van der Waals surface area contributed by atoms with Crippen molar-refractivity contribution in [3.05, 3.63) is 59.5 Å². The number of nitrogens with one attached hydrogen (secondary N) is 1. The van der Waals surface area contributed by atoms with Gasteiger partial charge in [-0.1, -0.05) is 29.8 Å². The second-order valence-corrected chi connectivity index (χ2v) is 10.5. The molecular weight excluding hydrogens is 446 g/mol. The lowest BCUT2D eigenvalue weighted by molar-refractivity contribution is -0.120. The molecule has 168 valence electrons. The van der Waals surface area contributed by atoms with Crippen LogP contribution in [0, 0.1) is 12.8 Å². The molecule has 0 spiro atoms. The molecule has 0 aliphatic carbocycles. The van der Waals surface area contributed by atoms with Crippen molar-refractivity contribution in [1.82, 2.24) is 9.29 Å².